The van der Waals surface area contributed by atoms with Crippen LogP contribution in [-0.2, 0) is 13.2 Å². The van der Waals surface area contributed by atoms with Gasteiger partial charge in [0.1, 0.15) is 18.1 Å². The summed E-state index contributed by atoms with van der Waals surface area (Å²) in [6.07, 6.45) is 0. The predicted octanol–water partition coefficient (Wildman–Crippen LogP) is 6.24. The lowest BCUT2D eigenvalue weighted by Gasteiger charge is -2.08. The Balaban J connectivity index is 1.43. The normalized spacial score (nSPS) is 10.9. The molecule has 4 aromatic rings. The number of carbonyl (C=O) groups is 1. The summed E-state index contributed by atoms with van der Waals surface area (Å²) >= 11 is 6.29. The lowest BCUT2D eigenvalue weighted by atomic mass is 10.1. The van der Waals surface area contributed by atoms with Gasteiger partial charge in [-0.05, 0) is 74.7 Å². The van der Waals surface area contributed by atoms with E-state index in [1.165, 1.54) is 0 Å². The summed E-state index contributed by atoms with van der Waals surface area (Å²) in [5.41, 5.74) is 5.44. The number of carbonyl (C=O) groups excluding carboxylic acids is 1. The Hall–Kier alpha value is -3.51. The quantitative estimate of drug-likeness (QED) is 0.352. The first kappa shape index (κ1) is 22.7. The summed E-state index contributed by atoms with van der Waals surface area (Å²) in [6, 6.07) is 17.1. The van der Waals surface area contributed by atoms with Gasteiger partial charge in [0.15, 0.2) is 5.76 Å². The molecule has 2 aromatic carbocycles. The van der Waals surface area contributed by atoms with Gasteiger partial charge in [0.2, 0.25) is 0 Å². The molecule has 0 fully saturated rings. The molecule has 4 rings (SSSR count). The number of benzene rings is 2. The Labute approximate surface area is 198 Å². The number of furan rings is 1. The van der Waals surface area contributed by atoms with Crippen molar-refractivity contribution in [3.8, 4) is 5.75 Å². The molecule has 7 heteroatoms. The molecule has 0 aliphatic rings. The van der Waals surface area contributed by atoms with Crippen molar-refractivity contribution in [3.05, 3.63) is 99.2 Å². The molecular formula is C26H26ClN3O3. The molecule has 33 heavy (non-hydrogen) atoms. The standard InChI is InChI=1S/C26H26ClN3O3/c1-16-11-17(2)13-22(12-16)32-15-21-9-10-24(33-21)26(31)28-25-18(3)29-30(19(25)4)14-20-7-5-6-8-23(20)27/h5-13H,14-15H2,1-4H3,(H,28,31). The van der Waals surface area contributed by atoms with Crippen LogP contribution in [0, 0.1) is 27.7 Å². The maximum absolute atomic E-state index is 12.8. The number of anilines is 1. The minimum Gasteiger partial charge on any atom is -0.486 e. The van der Waals surface area contributed by atoms with Gasteiger partial charge < -0.3 is 14.5 Å². The maximum Gasteiger partial charge on any atom is 0.291 e. The molecule has 0 aliphatic carbocycles. The van der Waals surface area contributed by atoms with E-state index in [0.29, 0.717) is 23.0 Å². The second kappa shape index (κ2) is 9.55. The highest BCUT2D eigenvalue weighted by Crippen LogP contribution is 2.24. The molecule has 0 saturated heterocycles. The van der Waals surface area contributed by atoms with Crippen LogP contribution in [0.5, 0.6) is 5.75 Å². The van der Waals surface area contributed by atoms with E-state index in [9.17, 15) is 4.79 Å². The van der Waals surface area contributed by atoms with Crippen molar-refractivity contribution in [1.29, 1.82) is 0 Å². The molecule has 2 heterocycles. The number of nitrogens with zero attached hydrogens (tertiary/aromatic N) is 2. The highest BCUT2D eigenvalue weighted by atomic mass is 35.5. The lowest BCUT2D eigenvalue weighted by molar-refractivity contribution is 0.0992. The van der Waals surface area contributed by atoms with Gasteiger partial charge in [0.05, 0.1) is 23.6 Å². The van der Waals surface area contributed by atoms with E-state index < -0.39 is 0 Å². The van der Waals surface area contributed by atoms with Crippen LogP contribution >= 0.6 is 11.6 Å². The molecule has 0 atom stereocenters. The van der Waals surface area contributed by atoms with Gasteiger partial charge in [0, 0.05) is 5.02 Å². The topological polar surface area (TPSA) is 69.3 Å². The molecule has 0 unspecified atom stereocenters. The fraction of sp³-hybridized carbons (Fsp3) is 0.231. The molecule has 2 aromatic heterocycles. The van der Waals surface area contributed by atoms with Crippen molar-refractivity contribution in [2.75, 3.05) is 5.32 Å². The molecule has 0 aliphatic heterocycles. The average Bonchev–Trinajstić information content (AvgIpc) is 3.34. The number of halogens is 1. The van der Waals surface area contributed by atoms with E-state index >= 15 is 0 Å². The molecule has 0 bridgehead atoms. The van der Waals surface area contributed by atoms with E-state index in [1.807, 2.05) is 68.8 Å². The Bertz CT molecular complexity index is 1290. The van der Waals surface area contributed by atoms with Gasteiger partial charge in [-0.2, -0.15) is 5.10 Å². The van der Waals surface area contributed by atoms with Crippen LogP contribution in [0.15, 0.2) is 59.0 Å². The van der Waals surface area contributed by atoms with Gasteiger partial charge in [-0.25, -0.2) is 0 Å². The second-order valence-corrected chi connectivity index (χ2v) is 8.53. The Morgan fingerprint density at radius 3 is 2.52 bits per heavy atom. The third kappa shape index (κ3) is 5.29. The summed E-state index contributed by atoms with van der Waals surface area (Å²) in [5, 5.41) is 8.18. The van der Waals surface area contributed by atoms with Crippen molar-refractivity contribution in [3.63, 3.8) is 0 Å². The molecule has 1 amide bonds. The van der Waals surface area contributed by atoms with Crippen LogP contribution in [0.2, 0.25) is 5.02 Å². The van der Waals surface area contributed by atoms with E-state index in [0.717, 1.165) is 33.8 Å². The monoisotopic (exact) mass is 463 g/mol. The predicted molar refractivity (Wildman–Crippen MR) is 129 cm³/mol. The van der Waals surface area contributed by atoms with Crippen LogP contribution in [-0.4, -0.2) is 15.7 Å². The van der Waals surface area contributed by atoms with E-state index in [2.05, 4.69) is 16.5 Å². The van der Waals surface area contributed by atoms with Crippen molar-refractivity contribution < 1.29 is 13.9 Å². The summed E-state index contributed by atoms with van der Waals surface area (Å²) in [5.74, 6) is 1.22. The first-order valence-corrected chi connectivity index (χ1v) is 11.1. The lowest BCUT2D eigenvalue weighted by Crippen LogP contribution is -2.12. The molecule has 6 nitrogen and oxygen atoms in total. The van der Waals surface area contributed by atoms with Crippen LogP contribution < -0.4 is 10.1 Å². The first-order chi connectivity index (χ1) is 15.8. The zero-order valence-corrected chi connectivity index (χ0v) is 19.9. The molecule has 170 valence electrons. The van der Waals surface area contributed by atoms with Crippen LogP contribution in [0.1, 0.15) is 44.4 Å². The molecule has 0 radical (unpaired) electrons. The smallest absolute Gasteiger partial charge is 0.291 e. The summed E-state index contributed by atoms with van der Waals surface area (Å²) < 4.78 is 13.4. The Morgan fingerprint density at radius 1 is 1.06 bits per heavy atom. The fourth-order valence-electron chi connectivity index (χ4n) is 3.74. The Morgan fingerprint density at radius 2 is 1.79 bits per heavy atom. The van der Waals surface area contributed by atoms with E-state index in [1.54, 1.807) is 12.1 Å². The number of hydrogen-bond acceptors (Lipinski definition) is 4. The summed E-state index contributed by atoms with van der Waals surface area (Å²) in [7, 11) is 0. The number of hydrogen-bond donors (Lipinski definition) is 1. The maximum atomic E-state index is 12.8. The largest absolute Gasteiger partial charge is 0.486 e. The van der Waals surface area contributed by atoms with E-state index in [-0.39, 0.29) is 18.3 Å². The van der Waals surface area contributed by atoms with Gasteiger partial charge in [0.25, 0.3) is 5.91 Å². The van der Waals surface area contributed by atoms with Crippen LogP contribution in [0.25, 0.3) is 0 Å². The minimum atomic E-state index is -0.337. The third-order valence-corrected chi connectivity index (χ3v) is 5.73. The van der Waals surface area contributed by atoms with Crippen molar-refractivity contribution in [2.45, 2.75) is 40.8 Å². The SMILES string of the molecule is Cc1cc(C)cc(OCc2ccc(C(=O)Nc3c(C)nn(Cc4ccccc4Cl)c3C)o2)c1. The number of rotatable bonds is 7. The second-order valence-electron chi connectivity index (χ2n) is 8.13. The van der Waals surface area contributed by atoms with Crippen LogP contribution in [0.4, 0.5) is 5.69 Å². The zero-order valence-electron chi connectivity index (χ0n) is 19.1. The number of aromatic nitrogens is 2. The number of ether oxygens (including phenoxy) is 1. The van der Waals surface area contributed by atoms with Crippen molar-refractivity contribution in [2.24, 2.45) is 0 Å². The highest BCUT2D eigenvalue weighted by Gasteiger charge is 2.18. The number of nitrogens with one attached hydrogen (secondary N) is 1. The summed E-state index contributed by atoms with van der Waals surface area (Å²) in [4.78, 5) is 12.8. The fourth-order valence-corrected chi connectivity index (χ4v) is 3.94. The van der Waals surface area contributed by atoms with Gasteiger partial charge in [-0.3, -0.25) is 9.48 Å². The Kier molecular flexibility index (Phi) is 6.56. The molecule has 1 N–H and O–H groups in total. The molecule has 0 spiro atoms. The third-order valence-electron chi connectivity index (χ3n) is 5.36. The van der Waals surface area contributed by atoms with Crippen molar-refractivity contribution in [1.82, 2.24) is 9.78 Å². The van der Waals surface area contributed by atoms with Gasteiger partial charge >= 0.3 is 0 Å². The number of aryl methyl sites for hydroxylation is 3. The van der Waals surface area contributed by atoms with E-state index in [4.69, 9.17) is 20.8 Å². The first-order valence-electron chi connectivity index (χ1n) is 10.7. The van der Waals surface area contributed by atoms with Crippen molar-refractivity contribution >= 4 is 23.2 Å². The zero-order chi connectivity index (χ0) is 23.5. The minimum absolute atomic E-state index is 0.215. The van der Waals surface area contributed by atoms with Gasteiger partial charge in [-0.15, -0.1) is 0 Å². The van der Waals surface area contributed by atoms with Gasteiger partial charge in [-0.1, -0.05) is 35.9 Å². The highest BCUT2D eigenvalue weighted by molar-refractivity contribution is 6.31. The average molecular weight is 464 g/mol. The van der Waals surface area contributed by atoms with Crippen LogP contribution in [0.3, 0.4) is 0 Å². The molecular weight excluding hydrogens is 438 g/mol. The summed E-state index contributed by atoms with van der Waals surface area (Å²) in [6.45, 7) is 8.58. The molecule has 0 saturated carbocycles. The number of amides is 1.